The van der Waals surface area contributed by atoms with Gasteiger partial charge in [0.05, 0.1) is 12.6 Å². The number of hydrogen-bond donors (Lipinski definition) is 1. The molecule has 94 valence electrons. The number of nitrogens with one attached hydrogen (secondary N) is 1. The lowest BCUT2D eigenvalue weighted by Crippen LogP contribution is -2.53. The van der Waals surface area contributed by atoms with Crippen molar-refractivity contribution in [2.45, 2.75) is 25.0 Å². The van der Waals surface area contributed by atoms with E-state index >= 15 is 0 Å². The molecule has 0 aromatic carbocycles. The summed E-state index contributed by atoms with van der Waals surface area (Å²) in [6, 6.07) is 0.178. The Hall–Kier alpha value is -0.590. The molecule has 3 rings (SSSR count). The van der Waals surface area contributed by atoms with Crippen molar-refractivity contribution >= 4 is 11.8 Å². The van der Waals surface area contributed by atoms with Crippen LogP contribution in [-0.2, 0) is 11.8 Å². The monoisotopic (exact) mass is 254 g/mol. The van der Waals surface area contributed by atoms with Gasteiger partial charge in [0.2, 0.25) is 0 Å². The lowest BCUT2D eigenvalue weighted by Gasteiger charge is -2.40. The third kappa shape index (κ3) is 1.78. The molecule has 5 nitrogen and oxygen atoms in total. The normalized spacial score (nSPS) is 33.4. The van der Waals surface area contributed by atoms with E-state index in [1.165, 1.54) is 5.75 Å². The van der Waals surface area contributed by atoms with E-state index in [2.05, 4.69) is 20.1 Å². The molecule has 3 heterocycles. The molecule has 1 N–H and O–H groups in total. The van der Waals surface area contributed by atoms with Crippen LogP contribution in [0, 0.1) is 6.92 Å². The van der Waals surface area contributed by atoms with Gasteiger partial charge in [-0.05, 0) is 19.1 Å². The topological polar surface area (TPSA) is 52.0 Å². The molecule has 17 heavy (non-hydrogen) atoms. The van der Waals surface area contributed by atoms with Crippen molar-refractivity contribution in [3.8, 4) is 0 Å². The van der Waals surface area contributed by atoms with Crippen molar-refractivity contribution in [1.29, 1.82) is 0 Å². The standard InChI is InChI=1S/C11H18N4OS/c1-8-13-14-10(15(8)2)9-11(3-6-17-7-11)16-5-4-12-9/h9,12H,3-7H2,1-2H3. The van der Waals surface area contributed by atoms with Crippen LogP contribution in [0.25, 0.3) is 0 Å². The molecular formula is C11H18N4OS. The van der Waals surface area contributed by atoms with Crippen LogP contribution in [0.4, 0.5) is 0 Å². The fraction of sp³-hybridized carbons (Fsp3) is 0.818. The van der Waals surface area contributed by atoms with E-state index in [-0.39, 0.29) is 11.6 Å². The number of ether oxygens (including phenoxy) is 1. The van der Waals surface area contributed by atoms with Gasteiger partial charge < -0.3 is 14.6 Å². The van der Waals surface area contributed by atoms with Gasteiger partial charge in [-0.25, -0.2) is 0 Å². The first-order valence-electron chi connectivity index (χ1n) is 6.04. The predicted octanol–water partition coefficient (Wildman–Crippen LogP) is 0.660. The van der Waals surface area contributed by atoms with Gasteiger partial charge in [-0.2, -0.15) is 11.8 Å². The molecule has 0 bridgehead atoms. The first-order chi connectivity index (χ1) is 8.23. The Bertz CT molecular complexity index is 414. The maximum absolute atomic E-state index is 6.09. The number of morpholine rings is 1. The quantitative estimate of drug-likeness (QED) is 0.798. The minimum Gasteiger partial charge on any atom is -0.371 e. The van der Waals surface area contributed by atoms with Crippen LogP contribution in [-0.4, -0.2) is 45.0 Å². The van der Waals surface area contributed by atoms with Gasteiger partial charge in [0.25, 0.3) is 0 Å². The highest BCUT2D eigenvalue weighted by atomic mass is 32.2. The number of nitrogens with zero attached hydrogens (tertiary/aromatic N) is 3. The Morgan fingerprint density at radius 1 is 1.53 bits per heavy atom. The van der Waals surface area contributed by atoms with Gasteiger partial charge in [0.1, 0.15) is 11.4 Å². The van der Waals surface area contributed by atoms with Gasteiger partial charge in [-0.1, -0.05) is 0 Å². The maximum atomic E-state index is 6.09. The lowest BCUT2D eigenvalue weighted by atomic mass is 9.91. The second-order valence-corrected chi connectivity index (χ2v) is 5.87. The van der Waals surface area contributed by atoms with E-state index in [1.807, 2.05) is 25.7 Å². The van der Waals surface area contributed by atoms with Crippen molar-refractivity contribution < 1.29 is 4.74 Å². The zero-order valence-corrected chi connectivity index (χ0v) is 11.1. The van der Waals surface area contributed by atoms with Gasteiger partial charge in [-0.3, -0.25) is 0 Å². The molecule has 1 spiro atoms. The van der Waals surface area contributed by atoms with Crippen LogP contribution in [0.5, 0.6) is 0 Å². The van der Waals surface area contributed by atoms with Crippen LogP contribution < -0.4 is 5.32 Å². The summed E-state index contributed by atoms with van der Waals surface area (Å²) in [6.07, 6.45) is 1.10. The zero-order chi connectivity index (χ0) is 11.9. The molecule has 0 radical (unpaired) electrons. The average molecular weight is 254 g/mol. The van der Waals surface area contributed by atoms with E-state index in [9.17, 15) is 0 Å². The van der Waals surface area contributed by atoms with E-state index in [0.717, 1.165) is 37.0 Å². The Morgan fingerprint density at radius 2 is 2.41 bits per heavy atom. The maximum Gasteiger partial charge on any atom is 0.152 e. The van der Waals surface area contributed by atoms with Crippen molar-refractivity contribution in [2.75, 3.05) is 24.7 Å². The van der Waals surface area contributed by atoms with Gasteiger partial charge in [0, 0.05) is 19.3 Å². The minimum atomic E-state index is -0.0733. The summed E-state index contributed by atoms with van der Waals surface area (Å²) >= 11 is 1.97. The summed E-state index contributed by atoms with van der Waals surface area (Å²) < 4.78 is 8.16. The number of hydrogen-bond acceptors (Lipinski definition) is 5. The summed E-state index contributed by atoms with van der Waals surface area (Å²) in [6.45, 7) is 3.67. The summed E-state index contributed by atoms with van der Waals surface area (Å²) in [5, 5.41) is 12.0. The van der Waals surface area contributed by atoms with Gasteiger partial charge in [0.15, 0.2) is 5.82 Å². The van der Waals surface area contributed by atoms with Crippen LogP contribution in [0.2, 0.25) is 0 Å². The fourth-order valence-corrected chi connectivity index (χ4v) is 4.01. The van der Waals surface area contributed by atoms with Crippen molar-refractivity contribution in [1.82, 2.24) is 20.1 Å². The van der Waals surface area contributed by atoms with E-state index in [4.69, 9.17) is 4.74 Å². The summed E-state index contributed by atoms with van der Waals surface area (Å²) in [5.74, 6) is 4.18. The Morgan fingerprint density at radius 3 is 3.06 bits per heavy atom. The highest BCUT2D eigenvalue weighted by Crippen LogP contribution is 2.42. The zero-order valence-electron chi connectivity index (χ0n) is 10.3. The first kappa shape index (κ1) is 11.5. The molecule has 2 aliphatic rings. The third-order valence-electron chi connectivity index (χ3n) is 3.77. The molecule has 1 aromatic rings. The summed E-state index contributed by atoms with van der Waals surface area (Å²) in [7, 11) is 2.02. The van der Waals surface area contributed by atoms with Crippen LogP contribution in [0.3, 0.4) is 0 Å². The summed E-state index contributed by atoms with van der Waals surface area (Å²) in [4.78, 5) is 0. The van der Waals surface area contributed by atoms with Crippen LogP contribution in [0.15, 0.2) is 0 Å². The first-order valence-corrected chi connectivity index (χ1v) is 7.19. The highest BCUT2D eigenvalue weighted by Gasteiger charge is 2.47. The van der Waals surface area contributed by atoms with E-state index in [1.54, 1.807) is 0 Å². The number of aryl methyl sites for hydroxylation is 1. The van der Waals surface area contributed by atoms with Crippen LogP contribution >= 0.6 is 11.8 Å². The average Bonchev–Trinajstić information content (AvgIpc) is 2.91. The molecule has 1 aromatic heterocycles. The largest absolute Gasteiger partial charge is 0.371 e. The van der Waals surface area contributed by atoms with Crippen LogP contribution in [0.1, 0.15) is 24.1 Å². The Labute approximate surface area is 105 Å². The second-order valence-electron chi connectivity index (χ2n) is 4.77. The summed E-state index contributed by atoms with van der Waals surface area (Å²) in [5.41, 5.74) is -0.0733. The van der Waals surface area contributed by atoms with E-state index in [0.29, 0.717) is 0 Å². The minimum absolute atomic E-state index is 0.0733. The molecule has 2 atom stereocenters. The fourth-order valence-electron chi connectivity index (χ4n) is 2.63. The third-order valence-corrected chi connectivity index (χ3v) is 4.95. The van der Waals surface area contributed by atoms with Gasteiger partial charge in [-0.15, -0.1) is 10.2 Å². The number of rotatable bonds is 1. The molecule has 2 fully saturated rings. The molecule has 6 heteroatoms. The van der Waals surface area contributed by atoms with Crippen molar-refractivity contribution in [2.24, 2.45) is 7.05 Å². The Balaban J connectivity index is 1.96. The molecule has 0 saturated carbocycles. The lowest BCUT2D eigenvalue weighted by molar-refractivity contribution is -0.0824. The molecule has 2 saturated heterocycles. The van der Waals surface area contributed by atoms with Crippen molar-refractivity contribution in [3.63, 3.8) is 0 Å². The number of thioether (sulfide) groups is 1. The molecule has 0 aliphatic carbocycles. The van der Waals surface area contributed by atoms with Crippen molar-refractivity contribution in [3.05, 3.63) is 11.6 Å². The SMILES string of the molecule is Cc1nnc(C2NCCOC23CCSC3)n1C. The molecular weight excluding hydrogens is 236 g/mol. The van der Waals surface area contributed by atoms with Gasteiger partial charge >= 0.3 is 0 Å². The number of aromatic nitrogens is 3. The predicted molar refractivity (Wildman–Crippen MR) is 67.1 cm³/mol. The molecule has 2 unspecified atom stereocenters. The molecule has 0 amide bonds. The smallest absolute Gasteiger partial charge is 0.152 e. The Kier molecular flexibility index (Phi) is 2.88. The van der Waals surface area contributed by atoms with E-state index < -0.39 is 0 Å². The highest BCUT2D eigenvalue weighted by molar-refractivity contribution is 7.99. The second kappa shape index (κ2) is 4.26. The molecule has 2 aliphatic heterocycles.